The van der Waals surface area contributed by atoms with E-state index in [1.54, 1.807) is 0 Å². The second-order valence-corrected chi connectivity index (χ2v) is 5.34. The molecule has 2 aliphatic heterocycles. The number of amides is 1. The minimum atomic E-state index is -0.296. The first-order valence-electron chi connectivity index (χ1n) is 7.00. The molecule has 0 radical (unpaired) electrons. The highest BCUT2D eigenvalue weighted by atomic mass is 16.2. The van der Waals surface area contributed by atoms with Gasteiger partial charge in [-0.2, -0.15) is 0 Å². The van der Waals surface area contributed by atoms with Gasteiger partial charge in [0.05, 0.1) is 6.04 Å². The lowest BCUT2D eigenvalue weighted by atomic mass is 10.1. The minimum absolute atomic E-state index is 0.145. The molecule has 2 heterocycles. The van der Waals surface area contributed by atoms with Crippen LogP contribution in [0, 0.1) is 0 Å². The highest BCUT2D eigenvalue weighted by molar-refractivity contribution is 5.81. The van der Waals surface area contributed by atoms with E-state index >= 15 is 0 Å². The first-order chi connectivity index (χ1) is 8.22. The molecule has 0 saturated carbocycles. The SMILES string of the molecule is CC[C@@H](N)C(=O)N1CCC(N2CCCCC2)C1. The Morgan fingerprint density at radius 2 is 2.00 bits per heavy atom. The topological polar surface area (TPSA) is 49.6 Å². The third-order valence-electron chi connectivity index (χ3n) is 4.14. The predicted molar refractivity (Wildman–Crippen MR) is 68.7 cm³/mol. The molecule has 0 aromatic carbocycles. The van der Waals surface area contributed by atoms with Gasteiger partial charge in [0.2, 0.25) is 5.91 Å². The lowest BCUT2D eigenvalue weighted by Crippen LogP contribution is -2.45. The molecule has 0 aliphatic carbocycles. The summed E-state index contributed by atoms with van der Waals surface area (Å²) in [5, 5.41) is 0. The normalized spacial score (nSPS) is 28.4. The third-order valence-corrected chi connectivity index (χ3v) is 4.14. The summed E-state index contributed by atoms with van der Waals surface area (Å²) in [5.74, 6) is 0.145. The number of hydrogen-bond acceptors (Lipinski definition) is 3. The first kappa shape index (κ1) is 12.8. The van der Waals surface area contributed by atoms with Gasteiger partial charge in [-0.05, 0) is 38.8 Å². The molecule has 2 N–H and O–H groups in total. The molecule has 1 amide bonds. The summed E-state index contributed by atoms with van der Waals surface area (Å²) in [7, 11) is 0. The third kappa shape index (κ3) is 2.99. The highest BCUT2D eigenvalue weighted by Crippen LogP contribution is 2.20. The Morgan fingerprint density at radius 1 is 1.29 bits per heavy atom. The maximum absolute atomic E-state index is 12.0. The van der Waals surface area contributed by atoms with E-state index in [0.29, 0.717) is 6.04 Å². The number of nitrogens with two attached hydrogens (primary N) is 1. The molecular weight excluding hydrogens is 214 g/mol. The largest absolute Gasteiger partial charge is 0.340 e. The number of nitrogens with zero attached hydrogens (tertiary/aromatic N) is 2. The molecule has 2 saturated heterocycles. The number of carbonyl (C=O) groups is 1. The molecule has 2 aliphatic rings. The molecule has 1 unspecified atom stereocenters. The van der Waals surface area contributed by atoms with Gasteiger partial charge in [-0.15, -0.1) is 0 Å². The predicted octanol–water partition coefficient (Wildman–Crippen LogP) is 0.811. The van der Waals surface area contributed by atoms with Crippen molar-refractivity contribution < 1.29 is 4.79 Å². The minimum Gasteiger partial charge on any atom is -0.340 e. The molecule has 2 rings (SSSR count). The fraction of sp³-hybridized carbons (Fsp3) is 0.923. The number of piperidine rings is 1. The van der Waals surface area contributed by atoms with Crippen LogP contribution >= 0.6 is 0 Å². The zero-order valence-corrected chi connectivity index (χ0v) is 10.9. The van der Waals surface area contributed by atoms with E-state index in [-0.39, 0.29) is 11.9 Å². The van der Waals surface area contributed by atoms with E-state index in [2.05, 4.69) is 4.90 Å². The number of hydrogen-bond donors (Lipinski definition) is 1. The Labute approximate surface area is 104 Å². The summed E-state index contributed by atoms with van der Waals surface area (Å²) in [6.45, 7) is 6.19. The van der Waals surface area contributed by atoms with Crippen molar-refractivity contribution in [3.63, 3.8) is 0 Å². The second kappa shape index (κ2) is 5.83. The van der Waals surface area contributed by atoms with Crippen LogP contribution in [-0.2, 0) is 4.79 Å². The van der Waals surface area contributed by atoms with Crippen molar-refractivity contribution in [3.8, 4) is 0 Å². The molecule has 2 fully saturated rings. The van der Waals surface area contributed by atoms with Gasteiger partial charge in [0.25, 0.3) is 0 Å². The molecule has 17 heavy (non-hydrogen) atoms. The molecule has 0 spiro atoms. The summed E-state index contributed by atoms with van der Waals surface area (Å²) in [6.07, 6.45) is 5.87. The maximum Gasteiger partial charge on any atom is 0.239 e. The van der Waals surface area contributed by atoms with Gasteiger partial charge in [0.1, 0.15) is 0 Å². The molecule has 4 heteroatoms. The molecule has 98 valence electrons. The van der Waals surface area contributed by atoms with Crippen LogP contribution in [0.15, 0.2) is 0 Å². The number of rotatable bonds is 3. The molecule has 4 nitrogen and oxygen atoms in total. The van der Waals surface area contributed by atoms with Crippen LogP contribution in [0.3, 0.4) is 0 Å². The summed E-state index contributed by atoms with van der Waals surface area (Å²) < 4.78 is 0. The Kier molecular flexibility index (Phi) is 4.40. The Bertz CT molecular complexity index is 263. The molecule has 0 aromatic rings. The monoisotopic (exact) mass is 239 g/mol. The summed E-state index contributed by atoms with van der Waals surface area (Å²) in [4.78, 5) is 16.5. The lowest BCUT2D eigenvalue weighted by Gasteiger charge is -2.32. The van der Waals surface area contributed by atoms with Crippen molar-refractivity contribution in [2.75, 3.05) is 26.2 Å². The number of likely N-dealkylation sites (tertiary alicyclic amines) is 2. The second-order valence-electron chi connectivity index (χ2n) is 5.34. The van der Waals surface area contributed by atoms with Crippen LogP contribution in [0.2, 0.25) is 0 Å². The average molecular weight is 239 g/mol. The maximum atomic E-state index is 12.0. The van der Waals surface area contributed by atoms with Crippen LogP contribution in [0.4, 0.5) is 0 Å². The van der Waals surface area contributed by atoms with Crippen molar-refractivity contribution in [1.29, 1.82) is 0 Å². The van der Waals surface area contributed by atoms with Crippen LogP contribution in [-0.4, -0.2) is 54.0 Å². The average Bonchev–Trinajstić information content (AvgIpc) is 2.87. The molecule has 0 aromatic heterocycles. The zero-order valence-electron chi connectivity index (χ0n) is 10.9. The van der Waals surface area contributed by atoms with Crippen LogP contribution in [0.5, 0.6) is 0 Å². The van der Waals surface area contributed by atoms with Gasteiger partial charge in [0.15, 0.2) is 0 Å². The van der Waals surface area contributed by atoms with E-state index in [4.69, 9.17) is 5.73 Å². The molecule has 0 bridgehead atoms. The van der Waals surface area contributed by atoms with Gasteiger partial charge in [-0.3, -0.25) is 9.69 Å². The quantitative estimate of drug-likeness (QED) is 0.793. The van der Waals surface area contributed by atoms with Crippen LogP contribution < -0.4 is 5.73 Å². The van der Waals surface area contributed by atoms with Gasteiger partial charge >= 0.3 is 0 Å². The van der Waals surface area contributed by atoms with E-state index in [1.165, 1.54) is 32.4 Å². The van der Waals surface area contributed by atoms with Gasteiger partial charge in [-0.25, -0.2) is 0 Å². The standard InChI is InChI=1S/C13H25N3O/c1-2-12(14)13(17)16-9-6-11(10-16)15-7-4-3-5-8-15/h11-12H,2-10,14H2,1H3/t11?,12-/m1/s1. The Balaban J connectivity index is 1.84. The van der Waals surface area contributed by atoms with E-state index < -0.39 is 0 Å². The lowest BCUT2D eigenvalue weighted by molar-refractivity contribution is -0.131. The fourth-order valence-corrected chi connectivity index (χ4v) is 2.93. The van der Waals surface area contributed by atoms with Crippen molar-refractivity contribution in [2.45, 2.75) is 51.1 Å². The van der Waals surface area contributed by atoms with E-state index in [1.807, 2.05) is 11.8 Å². The molecule has 2 atom stereocenters. The zero-order chi connectivity index (χ0) is 12.3. The van der Waals surface area contributed by atoms with Crippen molar-refractivity contribution in [2.24, 2.45) is 5.73 Å². The Morgan fingerprint density at radius 3 is 2.65 bits per heavy atom. The van der Waals surface area contributed by atoms with Gasteiger partial charge in [-0.1, -0.05) is 13.3 Å². The first-order valence-corrected chi connectivity index (χ1v) is 7.00. The fourth-order valence-electron chi connectivity index (χ4n) is 2.93. The van der Waals surface area contributed by atoms with Crippen LogP contribution in [0.25, 0.3) is 0 Å². The summed E-state index contributed by atoms with van der Waals surface area (Å²) in [5.41, 5.74) is 5.82. The van der Waals surface area contributed by atoms with E-state index in [0.717, 1.165) is 25.9 Å². The van der Waals surface area contributed by atoms with Crippen molar-refractivity contribution in [1.82, 2.24) is 9.80 Å². The highest BCUT2D eigenvalue weighted by Gasteiger charge is 2.32. The summed E-state index contributed by atoms with van der Waals surface area (Å²) >= 11 is 0. The smallest absolute Gasteiger partial charge is 0.239 e. The van der Waals surface area contributed by atoms with Gasteiger partial charge < -0.3 is 10.6 Å². The van der Waals surface area contributed by atoms with Crippen molar-refractivity contribution >= 4 is 5.91 Å². The van der Waals surface area contributed by atoms with Crippen molar-refractivity contribution in [3.05, 3.63) is 0 Å². The Hall–Kier alpha value is -0.610. The van der Waals surface area contributed by atoms with Crippen LogP contribution in [0.1, 0.15) is 39.0 Å². The van der Waals surface area contributed by atoms with E-state index in [9.17, 15) is 4.79 Å². The van der Waals surface area contributed by atoms with Gasteiger partial charge in [0, 0.05) is 19.1 Å². The molecular formula is C13H25N3O. The summed E-state index contributed by atoms with van der Waals surface area (Å²) in [6, 6.07) is 0.290. The number of carbonyl (C=O) groups excluding carboxylic acids is 1.